The minimum absolute atomic E-state index is 0.283. The van der Waals surface area contributed by atoms with Crippen LogP contribution in [0.2, 0.25) is 0 Å². The van der Waals surface area contributed by atoms with Gasteiger partial charge in [0.2, 0.25) is 0 Å². The Labute approximate surface area is 497 Å². The second-order valence-corrected chi connectivity index (χ2v) is 23.6. The van der Waals surface area contributed by atoms with E-state index in [1.807, 2.05) is 6.20 Å². The summed E-state index contributed by atoms with van der Waals surface area (Å²) in [6, 6.07) is 83.8. The first kappa shape index (κ1) is 51.9. The molecule has 0 atom stereocenters. The second-order valence-electron chi connectivity index (χ2n) is 23.6. The van der Waals surface area contributed by atoms with Crippen LogP contribution in [0.25, 0.3) is 94.3 Å². The van der Waals surface area contributed by atoms with Gasteiger partial charge in [-0.2, -0.15) is 0 Å². The van der Waals surface area contributed by atoms with E-state index in [1.165, 1.54) is 67.1 Å². The monoisotopic (exact) mass is 1100 g/mol. The largest absolute Gasteiger partial charge is 0.457 e. The molecular formula is C78H66N6O. The van der Waals surface area contributed by atoms with E-state index in [0.29, 0.717) is 6.67 Å². The molecule has 10 aromatic carbocycles. The zero-order valence-electron chi connectivity index (χ0n) is 48.8. The number of rotatable bonds is 12. The fraction of sp³-hybridized carbons (Fsp3) is 0.154. The Bertz CT molecular complexity index is 4610. The average molecular weight is 1100 g/mol. The number of hydrogen-bond donors (Lipinski definition) is 0. The third kappa shape index (κ3) is 9.13. The number of ether oxygens (including phenoxy) is 1. The van der Waals surface area contributed by atoms with Crippen LogP contribution >= 0.6 is 0 Å². The number of aromatic nitrogens is 4. The summed E-state index contributed by atoms with van der Waals surface area (Å²) < 4.78 is 12.2. The topological polar surface area (TPSA) is 51.4 Å². The maximum atomic E-state index is 7.38. The summed E-state index contributed by atoms with van der Waals surface area (Å²) in [5.41, 5.74) is 24.3. The van der Waals surface area contributed by atoms with E-state index in [0.717, 1.165) is 110 Å². The molecule has 5 heterocycles. The number of pyridine rings is 1. The Balaban J connectivity index is 0.907. The summed E-state index contributed by atoms with van der Waals surface area (Å²) in [5.74, 6) is 4.09. The van der Waals surface area contributed by atoms with Crippen molar-refractivity contribution in [2.45, 2.75) is 72.3 Å². The molecule has 0 unspecified atom stereocenters. The third-order valence-corrected chi connectivity index (χ3v) is 17.7. The van der Waals surface area contributed by atoms with Gasteiger partial charge in [-0.1, -0.05) is 198 Å². The molecule has 85 heavy (non-hydrogen) atoms. The molecule has 0 bridgehead atoms. The number of hydrogen-bond acceptors (Lipinski definition) is 5. The number of nitrogens with zero attached hydrogens (tertiary/aromatic N) is 6. The lowest BCUT2D eigenvalue weighted by Crippen LogP contribution is -2.25. The molecule has 7 heteroatoms. The van der Waals surface area contributed by atoms with Crippen LogP contribution in [-0.2, 0) is 13.0 Å². The van der Waals surface area contributed by atoms with Crippen molar-refractivity contribution in [1.29, 1.82) is 0 Å². The van der Waals surface area contributed by atoms with Gasteiger partial charge in [0.05, 0.1) is 39.1 Å². The molecular weight excluding hydrogens is 1040 g/mol. The highest BCUT2D eigenvalue weighted by molar-refractivity contribution is 6.10. The Morgan fingerprint density at radius 1 is 0.459 bits per heavy atom. The van der Waals surface area contributed by atoms with Gasteiger partial charge in [0.25, 0.3) is 0 Å². The quantitative estimate of drug-likeness (QED) is 0.122. The molecule has 0 saturated carbocycles. The highest BCUT2D eigenvalue weighted by atomic mass is 16.5. The van der Waals surface area contributed by atoms with Crippen molar-refractivity contribution >= 4 is 55.6 Å². The Hall–Kier alpha value is -9.98. The summed E-state index contributed by atoms with van der Waals surface area (Å²) in [5, 5.41) is 2.29. The molecule has 0 spiro atoms. The van der Waals surface area contributed by atoms with Gasteiger partial charge < -0.3 is 19.1 Å². The van der Waals surface area contributed by atoms with E-state index in [2.05, 4.69) is 284 Å². The van der Waals surface area contributed by atoms with Crippen LogP contribution in [-0.4, -0.2) is 25.8 Å². The molecule has 2 aliphatic heterocycles. The Morgan fingerprint density at radius 2 is 1.07 bits per heavy atom. The lowest BCUT2D eigenvalue weighted by molar-refractivity contribution is 0.483. The van der Waals surface area contributed by atoms with E-state index < -0.39 is 0 Å². The molecule has 0 N–H and O–H groups in total. The maximum absolute atomic E-state index is 7.38. The molecule has 13 aromatic rings. The van der Waals surface area contributed by atoms with Crippen LogP contribution in [0.3, 0.4) is 0 Å². The lowest BCUT2D eigenvalue weighted by Gasteiger charge is -2.28. The number of imidazole rings is 1. The first-order valence-corrected chi connectivity index (χ1v) is 30.2. The van der Waals surface area contributed by atoms with Crippen molar-refractivity contribution in [3.63, 3.8) is 0 Å². The molecule has 15 rings (SSSR count). The van der Waals surface area contributed by atoms with E-state index in [4.69, 9.17) is 14.7 Å². The number of fused-ring (bicyclic) bond motifs is 7. The van der Waals surface area contributed by atoms with Crippen molar-refractivity contribution < 1.29 is 4.74 Å². The van der Waals surface area contributed by atoms with Crippen molar-refractivity contribution in [2.75, 3.05) is 16.5 Å². The van der Waals surface area contributed by atoms with Crippen LogP contribution in [0, 0.1) is 6.92 Å². The molecule has 7 nitrogen and oxygen atoms in total. The molecule has 0 amide bonds. The van der Waals surface area contributed by atoms with E-state index in [1.54, 1.807) is 0 Å². The SMILES string of the molecule is Cc1cc(-n2c3ccccc3c3ccc(Oc4cc(-c5c(C(C)C)cccc5C(C)C)cc(N5CN(c6c(-c7ccccc7)cccc6-c6ccccc6)c6cc7c(cc65)nc5n7CCCC5)c4)cc32)ncc1-c1ccccc1-c1ccccc1. The lowest BCUT2D eigenvalue weighted by atomic mass is 9.85. The van der Waals surface area contributed by atoms with Crippen LogP contribution < -0.4 is 14.5 Å². The van der Waals surface area contributed by atoms with Gasteiger partial charge in [0, 0.05) is 64.4 Å². The highest BCUT2D eigenvalue weighted by Gasteiger charge is 2.34. The van der Waals surface area contributed by atoms with Gasteiger partial charge in [-0.3, -0.25) is 4.57 Å². The van der Waals surface area contributed by atoms with Crippen LogP contribution in [0.5, 0.6) is 11.5 Å². The number of anilines is 4. The van der Waals surface area contributed by atoms with Crippen molar-refractivity contribution in [3.8, 4) is 73.0 Å². The van der Waals surface area contributed by atoms with Crippen molar-refractivity contribution in [2.24, 2.45) is 0 Å². The second kappa shape index (κ2) is 21.3. The van der Waals surface area contributed by atoms with Gasteiger partial charge in [0.15, 0.2) is 0 Å². The fourth-order valence-corrected chi connectivity index (χ4v) is 13.6. The maximum Gasteiger partial charge on any atom is 0.137 e. The number of para-hydroxylation sites is 2. The van der Waals surface area contributed by atoms with Gasteiger partial charge in [-0.05, 0) is 136 Å². The minimum Gasteiger partial charge on any atom is -0.457 e. The fourth-order valence-electron chi connectivity index (χ4n) is 13.6. The van der Waals surface area contributed by atoms with Crippen LogP contribution in [0.1, 0.15) is 74.9 Å². The Kier molecular flexibility index (Phi) is 13.0. The standard InChI is InChI=1S/C78H66N6O/c1-50(2)60-32-21-33-61(51(3)4)77(60)56-42-57(82-49-83(74-47-72-69(46-73(74)82)80-75-37-19-20-40-81(72)75)78-63(54-25-11-7-12-26-54)34-22-35-64(78)55-27-13-8-14-28-55)44-59(43-56)85-58-38-39-67-66-31-17-18-36-70(66)84(71(67)45-58)76-41-52(5)68(48-79-76)65-30-16-15-29-62(65)53-23-9-6-10-24-53/h6-18,21-36,38-39,41-48,50-51H,19-20,37,40,49H2,1-5H3. The molecule has 0 fully saturated rings. The third-order valence-electron chi connectivity index (χ3n) is 17.7. The van der Waals surface area contributed by atoms with Crippen molar-refractivity contribution in [1.82, 2.24) is 19.1 Å². The van der Waals surface area contributed by atoms with Gasteiger partial charge in [-0.15, -0.1) is 0 Å². The zero-order valence-corrected chi connectivity index (χ0v) is 48.8. The predicted octanol–water partition coefficient (Wildman–Crippen LogP) is 20.8. The Morgan fingerprint density at radius 3 is 1.76 bits per heavy atom. The molecule has 414 valence electrons. The van der Waals surface area contributed by atoms with Crippen LogP contribution in [0.4, 0.5) is 22.7 Å². The summed E-state index contributed by atoms with van der Waals surface area (Å²) in [6.45, 7) is 13.0. The molecule has 0 saturated heterocycles. The van der Waals surface area contributed by atoms with Gasteiger partial charge in [-0.25, -0.2) is 9.97 Å². The average Bonchev–Trinajstić information content (AvgIpc) is 2.08. The molecule has 2 aliphatic rings. The number of benzene rings is 10. The first-order valence-electron chi connectivity index (χ1n) is 30.2. The summed E-state index contributed by atoms with van der Waals surface area (Å²) in [6.07, 6.45) is 5.34. The van der Waals surface area contributed by atoms with E-state index in [9.17, 15) is 0 Å². The first-order chi connectivity index (χ1) is 41.7. The number of aryl methyl sites for hydroxylation is 3. The highest BCUT2D eigenvalue weighted by Crippen LogP contribution is 2.53. The summed E-state index contributed by atoms with van der Waals surface area (Å²) in [7, 11) is 0. The van der Waals surface area contributed by atoms with Crippen LogP contribution in [0.15, 0.2) is 237 Å². The van der Waals surface area contributed by atoms with Crippen molar-refractivity contribution in [3.05, 3.63) is 259 Å². The smallest absolute Gasteiger partial charge is 0.137 e. The summed E-state index contributed by atoms with van der Waals surface area (Å²) >= 11 is 0. The zero-order chi connectivity index (χ0) is 57.3. The minimum atomic E-state index is 0.283. The normalized spacial score (nSPS) is 13.2. The van der Waals surface area contributed by atoms with Gasteiger partial charge in [0.1, 0.15) is 29.8 Å². The molecule has 0 radical (unpaired) electrons. The van der Waals surface area contributed by atoms with Gasteiger partial charge >= 0.3 is 0 Å². The molecule has 0 aliphatic carbocycles. The van der Waals surface area contributed by atoms with E-state index in [-0.39, 0.29) is 11.8 Å². The van der Waals surface area contributed by atoms with E-state index >= 15 is 0 Å². The summed E-state index contributed by atoms with van der Waals surface area (Å²) in [4.78, 5) is 15.7. The predicted molar refractivity (Wildman–Crippen MR) is 353 cm³/mol. The molecule has 3 aromatic heterocycles.